The van der Waals surface area contributed by atoms with Crippen LogP contribution in [0.25, 0.3) is 10.9 Å². The molecule has 0 spiro atoms. The van der Waals surface area contributed by atoms with Gasteiger partial charge < -0.3 is 18.9 Å². The quantitative estimate of drug-likeness (QED) is 0.395. The Hall–Kier alpha value is -3.01. The maximum Gasteiger partial charge on any atom is 0.573 e. The summed E-state index contributed by atoms with van der Waals surface area (Å²) in [6.07, 6.45) is -5.66. The van der Waals surface area contributed by atoms with E-state index in [-0.39, 0.29) is 17.2 Å². The Morgan fingerprint density at radius 3 is 2.27 bits per heavy atom. The molecule has 1 heterocycles. The molecule has 0 fully saturated rings. The molecule has 0 unspecified atom stereocenters. The number of carbonyl (C=O) groups is 1. The number of rotatable bonds is 4. The number of nitrogens with zero attached hydrogens (tertiary/aromatic N) is 1. The molecule has 0 aliphatic heterocycles. The summed E-state index contributed by atoms with van der Waals surface area (Å²) >= 11 is 3.44. The third kappa shape index (κ3) is 4.76. The molecule has 0 bridgehead atoms. The molecular weight excluding hydrogens is 471 g/mol. The van der Waals surface area contributed by atoms with Crippen LogP contribution in [0.3, 0.4) is 0 Å². The van der Waals surface area contributed by atoms with Gasteiger partial charge in [-0.2, -0.15) is 0 Å². The molecule has 0 atom stereocenters. The smallest absolute Gasteiger partial charge is 0.456 e. The number of carbonyl (C=O) groups excluding carboxylic acids is 1. The minimum Gasteiger partial charge on any atom is -0.456 e. The van der Waals surface area contributed by atoms with E-state index in [2.05, 4.69) is 30.4 Å². The van der Waals surface area contributed by atoms with Gasteiger partial charge in [0, 0.05) is 11.3 Å². The number of methoxy groups -OCH3 is 1. The first-order valence-electron chi connectivity index (χ1n) is 8.48. The third-order valence-corrected chi connectivity index (χ3v) is 4.91. The molecule has 6 nitrogen and oxygen atoms in total. The SMILES string of the molecule is COC(=O)Oc1c(C)c(C)nc2ccc(Oc3ccc(OC(F)(F)F)cc3)c(Br)c12. The van der Waals surface area contributed by atoms with Crippen molar-refractivity contribution >= 4 is 33.0 Å². The van der Waals surface area contributed by atoms with E-state index >= 15 is 0 Å². The predicted octanol–water partition coefficient (Wildman–Crippen LogP) is 6.45. The van der Waals surface area contributed by atoms with Crippen LogP contribution in [0.4, 0.5) is 18.0 Å². The largest absolute Gasteiger partial charge is 0.573 e. The molecule has 0 aliphatic rings. The number of aryl methyl sites for hydroxylation is 1. The van der Waals surface area contributed by atoms with Crippen LogP contribution in [0.2, 0.25) is 0 Å². The number of aromatic nitrogens is 1. The Morgan fingerprint density at radius 1 is 1.03 bits per heavy atom. The van der Waals surface area contributed by atoms with Crippen LogP contribution in [0.1, 0.15) is 11.3 Å². The van der Waals surface area contributed by atoms with Gasteiger partial charge in [-0.3, -0.25) is 4.98 Å². The molecular formula is C20H15BrF3NO5. The highest BCUT2D eigenvalue weighted by Gasteiger charge is 2.31. The van der Waals surface area contributed by atoms with Crippen LogP contribution in [0.15, 0.2) is 40.9 Å². The highest BCUT2D eigenvalue weighted by Crippen LogP contribution is 2.42. The van der Waals surface area contributed by atoms with Gasteiger partial charge in [0.25, 0.3) is 0 Å². The van der Waals surface area contributed by atoms with E-state index in [0.717, 1.165) is 12.1 Å². The van der Waals surface area contributed by atoms with E-state index in [0.29, 0.717) is 32.4 Å². The average Bonchev–Trinajstić information content (AvgIpc) is 2.67. The number of fused-ring (bicyclic) bond motifs is 1. The summed E-state index contributed by atoms with van der Waals surface area (Å²) in [5.41, 5.74) is 1.85. The Bertz CT molecular complexity index is 1100. The van der Waals surface area contributed by atoms with Crippen LogP contribution < -0.4 is 14.2 Å². The molecule has 3 rings (SSSR count). The maximum atomic E-state index is 12.3. The molecule has 30 heavy (non-hydrogen) atoms. The van der Waals surface area contributed by atoms with E-state index in [1.807, 2.05) is 0 Å². The summed E-state index contributed by atoms with van der Waals surface area (Å²) in [7, 11) is 1.20. The second-order valence-corrected chi connectivity index (χ2v) is 6.89. The van der Waals surface area contributed by atoms with Crippen LogP contribution in [-0.4, -0.2) is 24.6 Å². The Balaban J connectivity index is 1.99. The second-order valence-electron chi connectivity index (χ2n) is 6.10. The van der Waals surface area contributed by atoms with Gasteiger partial charge in [0.1, 0.15) is 23.0 Å². The van der Waals surface area contributed by atoms with E-state index < -0.39 is 12.5 Å². The Morgan fingerprint density at radius 2 is 1.67 bits per heavy atom. The summed E-state index contributed by atoms with van der Waals surface area (Å²) in [6, 6.07) is 8.26. The summed E-state index contributed by atoms with van der Waals surface area (Å²) in [5, 5.41) is 0.484. The van der Waals surface area contributed by atoms with Gasteiger partial charge in [-0.15, -0.1) is 13.2 Å². The van der Waals surface area contributed by atoms with Crippen molar-refractivity contribution < 1.29 is 36.9 Å². The van der Waals surface area contributed by atoms with Gasteiger partial charge in [0.2, 0.25) is 0 Å². The molecule has 10 heteroatoms. The van der Waals surface area contributed by atoms with E-state index in [1.54, 1.807) is 26.0 Å². The third-order valence-electron chi connectivity index (χ3n) is 4.12. The number of ether oxygens (including phenoxy) is 4. The maximum absolute atomic E-state index is 12.3. The fraction of sp³-hybridized carbons (Fsp3) is 0.200. The fourth-order valence-corrected chi connectivity index (χ4v) is 3.24. The molecule has 0 aliphatic carbocycles. The Labute approximate surface area is 177 Å². The minimum absolute atomic E-state index is 0.260. The number of pyridine rings is 1. The molecule has 2 aromatic carbocycles. The van der Waals surface area contributed by atoms with Crippen LogP contribution in [0, 0.1) is 13.8 Å². The minimum atomic E-state index is -4.78. The zero-order valence-electron chi connectivity index (χ0n) is 16.0. The van der Waals surface area contributed by atoms with Crippen LogP contribution in [-0.2, 0) is 4.74 Å². The van der Waals surface area contributed by atoms with E-state index in [4.69, 9.17) is 9.47 Å². The summed E-state index contributed by atoms with van der Waals surface area (Å²) in [5.74, 6) is 0.510. The van der Waals surface area contributed by atoms with Gasteiger partial charge in [-0.25, -0.2) is 4.79 Å². The lowest BCUT2D eigenvalue weighted by molar-refractivity contribution is -0.274. The first-order chi connectivity index (χ1) is 14.1. The zero-order chi connectivity index (χ0) is 22.1. The Kier molecular flexibility index (Phi) is 6.06. The first-order valence-corrected chi connectivity index (χ1v) is 9.27. The zero-order valence-corrected chi connectivity index (χ0v) is 17.6. The molecule has 0 saturated heterocycles. The summed E-state index contributed by atoms with van der Waals surface area (Å²) in [4.78, 5) is 16.2. The lowest BCUT2D eigenvalue weighted by atomic mass is 10.1. The van der Waals surface area contributed by atoms with Crippen LogP contribution >= 0.6 is 15.9 Å². The standard InChI is InChI=1S/C20H15BrF3NO5/c1-10-11(2)25-14-8-9-15(17(21)16(14)18(10)29-19(26)27-3)28-12-4-6-13(7-5-12)30-20(22,23)24/h4-9H,1-3H3. The normalized spacial score (nSPS) is 11.3. The lowest BCUT2D eigenvalue weighted by Crippen LogP contribution is -2.16. The molecule has 0 saturated carbocycles. The van der Waals surface area contributed by atoms with Crippen molar-refractivity contribution in [3.63, 3.8) is 0 Å². The number of benzene rings is 2. The van der Waals surface area contributed by atoms with Crippen molar-refractivity contribution in [1.29, 1.82) is 0 Å². The average molecular weight is 486 g/mol. The molecule has 0 N–H and O–H groups in total. The van der Waals surface area contributed by atoms with E-state index in [9.17, 15) is 18.0 Å². The molecule has 0 amide bonds. The van der Waals surface area contributed by atoms with Gasteiger partial charge in [-0.05, 0) is 66.2 Å². The van der Waals surface area contributed by atoms with Crippen molar-refractivity contribution in [3.05, 3.63) is 52.1 Å². The lowest BCUT2D eigenvalue weighted by Gasteiger charge is -2.15. The molecule has 3 aromatic rings. The number of hydrogen-bond donors (Lipinski definition) is 0. The summed E-state index contributed by atoms with van der Waals surface area (Å²) in [6.45, 7) is 3.53. The van der Waals surface area contributed by atoms with Crippen molar-refractivity contribution in [2.45, 2.75) is 20.2 Å². The van der Waals surface area contributed by atoms with Gasteiger partial charge in [-0.1, -0.05) is 0 Å². The topological polar surface area (TPSA) is 66.9 Å². The van der Waals surface area contributed by atoms with Crippen LogP contribution in [0.5, 0.6) is 23.0 Å². The number of halogens is 4. The molecule has 1 aromatic heterocycles. The van der Waals surface area contributed by atoms with E-state index in [1.165, 1.54) is 19.2 Å². The highest BCUT2D eigenvalue weighted by molar-refractivity contribution is 9.10. The second kappa shape index (κ2) is 8.39. The van der Waals surface area contributed by atoms with Gasteiger partial charge in [0.15, 0.2) is 0 Å². The summed E-state index contributed by atoms with van der Waals surface area (Å²) < 4.78 is 56.9. The van der Waals surface area contributed by atoms with Crippen molar-refractivity contribution in [2.24, 2.45) is 0 Å². The molecule has 158 valence electrons. The van der Waals surface area contributed by atoms with Crippen molar-refractivity contribution in [1.82, 2.24) is 4.98 Å². The highest BCUT2D eigenvalue weighted by atomic mass is 79.9. The number of hydrogen-bond acceptors (Lipinski definition) is 6. The first kappa shape index (κ1) is 21.7. The fourth-order valence-electron chi connectivity index (χ4n) is 2.64. The van der Waals surface area contributed by atoms with Crippen molar-refractivity contribution in [3.8, 4) is 23.0 Å². The monoisotopic (exact) mass is 485 g/mol. The van der Waals surface area contributed by atoms with Gasteiger partial charge in [0.05, 0.1) is 22.5 Å². The predicted molar refractivity (Wildman–Crippen MR) is 105 cm³/mol. The number of alkyl halides is 3. The molecule has 0 radical (unpaired) electrons. The van der Waals surface area contributed by atoms with Crippen molar-refractivity contribution in [2.75, 3.05) is 7.11 Å². The van der Waals surface area contributed by atoms with Gasteiger partial charge >= 0.3 is 12.5 Å².